The molecular formula is C25H14O5. The summed E-state index contributed by atoms with van der Waals surface area (Å²) in [5, 5.41) is 10.6. The van der Waals surface area contributed by atoms with E-state index in [1.165, 1.54) is 24.3 Å². The molecule has 0 amide bonds. The molecule has 0 saturated heterocycles. The molecule has 0 heterocycles. The van der Waals surface area contributed by atoms with Gasteiger partial charge in [0.05, 0.1) is 11.1 Å². The SMILES string of the molecule is O=C(O)c1ccc(Oc2c3c(cc4ccccc24)C(=O)c2ccccc2C3=O)cc1. The minimum Gasteiger partial charge on any atom is -0.478 e. The lowest BCUT2D eigenvalue weighted by Crippen LogP contribution is -2.21. The van der Waals surface area contributed by atoms with Gasteiger partial charge in [-0.05, 0) is 35.7 Å². The lowest BCUT2D eigenvalue weighted by atomic mass is 9.82. The third kappa shape index (κ3) is 2.68. The van der Waals surface area contributed by atoms with Gasteiger partial charge in [-0.2, -0.15) is 0 Å². The van der Waals surface area contributed by atoms with Crippen LogP contribution in [0.3, 0.4) is 0 Å². The summed E-state index contributed by atoms with van der Waals surface area (Å²) >= 11 is 0. The van der Waals surface area contributed by atoms with Crippen LogP contribution in [0.2, 0.25) is 0 Å². The van der Waals surface area contributed by atoms with Crippen molar-refractivity contribution in [3.05, 3.63) is 107 Å². The number of carboxylic acid groups (broad SMARTS) is 1. The first kappa shape index (κ1) is 17.8. The first-order valence-corrected chi connectivity index (χ1v) is 9.30. The lowest BCUT2D eigenvalue weighted by molar-refractivity contribution is 0.0696. The van der Waals surface area contributed by atoms with E-state index in [1.54, 1.807) is 30.3 Å². The summed E-state index contributed by atoms with van der Waals surface area (Å²) in [6, 6.07) is 21.7. The summed E-state index contributed by atoms with van der Waals surface area (Å²) in [4.78, 5) is 37.6. The topological polar surface area (TPSA) is 80.7 Å². The van der Waals surface area contributed by atoms with Gasteiger partial charge in [0.15, 0.2) is 11.6 Å². The fourth-order valence-corrected chi connectivity index (χ4v) is 3.77. The summed E-state index contributed by atoms with van der Waals surface area (Å²) in [5.41, 5.74) is 1.37. The maximum Gasteiger partial charge on any atom is 0.335 e. The quantitative estimate of drug-likeness (QED) is 0.460. The smallest absolute Gasteiger partial charge is 0.335 e. The molecule has 1 aliphatic carbocycles. The highest BCUT2D eigenvalue weighted by atomic mass is 16.5. The Labute approximate surface area is 171 Å². The van der Waals surface area contributed by atoms with Gasteiger partial charge in [-0.25, -0.2) is 4.79 Å². The van der Waals surface area contributed by atoms with E-state index in [9.17, 15) is 14.4 Å². The molecule has 0 aliphatic heterocycles. The van der Waals surface area contributed by atoms with Crippen LogP contribution >= 0.6 is 0 Å². The summed E-state index contributed by atoms with van der Waals surface area (Å²) in [6.07, 6.45) is 0. The van der Waals surface area contributed by atoms with Crippen molar-refractivity contribution in [2.45, 2.75) is 0 Å². The molecule has 5 rings (SSSR count). The molecule has 5 heteroatoms. The van der Waals surface area contributed by atoms with Crippen LogP contribution in [-0.4, -0.2) is 22.6 Å². The summed E-state index contributed by atoms with van der Waals surface area (Å²) < 4.78 is 6.09. The van der Waals surface area contributed by atoms with Crippen LogP contribution in [0, 0.1) is 0 Å². The van der Waals surface area contributed by atoms with Gasteiger partial charge in [-0.3, -0.25) is 9.59 Å². The highest BCUT2D eigenvalue weighted by molar-refractivity contribution is 6.31. The molecule has 30 heavy (non-hydrogen) atoms. The van der Waals surface area contributed by atoms with Crippen molar-refractivity contribution >= 4 is 28.3 Å². The second-order valence-corrected chi connectivity index (χ2v) is 6.98. The lowest BCUT2D eigenvalue weighted by Gasteiger charge is -2.22. The molecule has 5 nitrogen and oxygen atoms in total. The molecule has 144 valence electrons. The van der Waals surface area contributed by atoms with Gasteiger partial charge in [-0.15, -0.1) is 0 Å². The molecule has 4 aromatic carbocycles. The summed E-state index contributed by atoms with van der Waals surface area (Å²) in [7, 11) is 0. The minimum absolute atomic E-state index is 0.127. The van der Waals surface area contributed by atoms with Gasteiger partial charge >= 0.3 is 5.97 Å². The second-order valence-electron chi connectivity index (χ2n) is 6.98. The van der Waals surface area contributed by atoms with Gasteiger partial charge in [0.1, 0.15) is 11.5 Å². The zero-order chi connectivity index (χ0) is 20.8. The Bertz CT molecular complexity index is 1370. The number of fused-ring (bicyclic) bond motifs is 3. The molecule has 0 aromatic heterocycles. The average molecular weight is 394 g/mol. The predicted molar refractivity (Wildman–Crippen MR) is 111 cm³/mol. The van der Waals surface area contributed by atoms with E-state index < -0.39 is 5.97 Å². The summed E-state index contributed by atoms with van der Waals surface area (Å²) in [6.45, 7) is 0. The molecule has 4 aromatic rings. The van der Waals surface area contributed by atoms with Crippen LogP contribution in [-0.2, 0) is 0 Å². The van der Waals surface area contributed by atoms with Crippen LogP contribution in [0.1, 0.15) is 42.2 Å². The molecule has 1 aliphatic rings. The number of hydrogen-bond acceptors (Lipinski definition) is 4. The van der Waals surface area contributed by atoms with Gasteiger partial charge in [0, 0.05) is 22.1 Å². The van der Waals surface area contributed by atoms with Gasteiger partial charge in [-0.1, -0.05) is 48.5 Å². The fraction of sp³-hybridized carbons (Fsp3) is 0. The van der Waals surface area contributed by atoms with E-state index in [0.29, 0.717) is 33.6 Å². The largest absolute Gasteiger partial charge is 0.478 e. The van der Waals surface area contributed by atoms with Crippen LogP contribution in [0.4, 0.5) is 0 Å². The molecule has 0 unspecified atom stereocenters. The van der Waals surface area contributed by atoms with Gasteiger partial charge in [0.2, 0.25) is 0 Å². The number of carboxylic acids is 1. The Hall–Kier alpha value is -4.25. The van der Waals surface area contributed by atoms with Crippen molar-refractivity contribution in [1.29, 1.82) is 0 Å². The number of carbonyl (C=O) groups is 3. The van der Waals surface area contributed by atoms with Crippen molar-refractivity contribution < 1.29 is 24.2 Å². The standard InChI is InChI=1S/C25H14O5/c26-22-18-7-3-4-8-19(18)23(27)21-20(22)13-15-5-1-2-6-17(15)24(21)30-16-11-9-14(10-12-16)25(28)29/h1-13H,(H,28,29). The van der Waals surface area contributed by atoms with Crippen molar-refractivity contribution in [3.8, 4) is 11.5 Å². The van der Waals surface area contributed by atoms with Crippen LogP contribution in [0.15, 0.2) is 78.9 Å². The van der Waals surface area contributed by atoms with Crippen LogP contribution < -0.4 is 4.74 Å². The average Bonchev–Trinajstić information content (AvgIpc) is 2.77. The number of carbonyl (C=O) groups excluding carboxylic acids is 2. The number of rotatable bonds is 3. The molecule has 0 radical (unpaired) electrons. The zero-order valence-electron chi connectivity index (χ0n) is 15.6. The predicted octanol–water partition coefficient (Wildman–Crippen LogP) is 5.11. The van der Waals surface area contributed by atoms with Crippen molar-refractivity contribution in [1.82, 2.24) is 0 Å². The Morgan fingerprint density at radius 2 is 1.37 bits per heavy atom. The first-order chi connectivity index (χ1) is 14.5. The van der Waals surface area contributed by atoms with E-state index in [0.717, 1.165) is 5.39 Å². The number of ketones is 2. The molecular weight excluding hydrogens is 380 g/mol. The molecule has 0 spiro atoms. The number of aromatic carboxylic acids is 1. The van der Waals surface area contributed by atoms with Gasteiger partial charge < -0.3 is 9.84 Å². The number of ether oxygens (including phenoxy) is 1. The first-order valence-electron chi connectivity index (χ1n) is 9.30. The fourth-order valence-electron chi connectivity index (χ4n) is 3.77. The van der Waals surface area contributed by atoms with Gasteiger partial charge in [0.25, 0.3) is 0 Å². The maximum atomic E-state index is 13.3. The number of benzene rings is 4. The number of hydrogen-bond donors (Lipinski definition) is 1. The Morgan fingerprint density at radius 3 is 2.07 bits per heavy atom. The molecule has 0 saturated carbocycles. The van der Waals surface area contributed by atoms with Crippen LogP contribution in [0.5, 0.6) is 11.5 Å². The summed E-state index contributed by atoms with van der Waals surface area (Å²) in [5.74, 6) is -0.877. The minimum atomic E-state index is -1.04. The van der Waals surface area contributed by atoms with E-state index in [1.807, 2.05) is 24.3 Å². The van der Waals surface area contributed by atoms with E-state index >= 15 is 0 Å². The zero-order valence-corrected chi connectivity index (χ0v) is 15.6. The van der Waals surface area contributed by atoms with Crippen molar-refractivity contribution in [2.24, 2.45) is 0 Å². The highest BCUT2D eigenvalue weighted by Gasteiger charge is 2.33. The third-order valence-electron chi connectivity index (χ3n) is 5.21. The Morgan fingerprint density at radius 1 is 0.733 bits per heavy atom. The molecule has 0 bridgehead atoms. The van der Waals surface area contributed by atoms with Crippen molar-refractivity contribution in [3.63, 3.8) is 0 Å². The third-order valence-corrected chi connectivity index (χ3v) is 5.21. The van der Waals surface area contributed by atoms with E-state index in [-0.39, 0.29) is 22.7 Å². The monoisotopic (exact) mass is 394 g/mol. The normalized spacial score (nSPS) is 12.4. The van der Waals surface area contributed by atoms with Crippen LogP contribution in [0.25, 0.3) is 10.8 Å². The Balaban J connectivity index is 1.74. The molecule has 1 N–H and O–H groups in total. The van der Waals surface area contributed by atoms with E-state index in [4.69, 9.17) is 9.84 Å². The second kappa shape index (κ2) is 6.67. The maximum absolute atomic E-state index is 13.3. The molecule has 0 fully saturated rings. The van der Waals surface area contributed by atoms with E-state index in [2.05, 4.69) is 0 Å². The Kier molecular flexibility index (Phi) is 3.96. The van der Waals surface area contributed by atoms with Crippen molar-refractivity contribution in [2.75, 3.05) is 0 Å². The highest BCUT2D eigenvalue weighted by Crippen LogP contribution is 2.40. The molecule has 0 atom stereocenters.